The van der Waals surface area contributed by atoms with E-state index in [1.54, 1.807) is 7.11 Å². The van der Waals surface area contributed by atoms with E-state index in [9.17, 15) is 0 Å². The van der Waals surface area contributed by atoms with Crippen molar-refractivity contribution in [2.75, 3.05) is 45.5 Å². The first kappa shape index (κ1) is 29.4. The largest absolute Gasteiger partial charge is 0.475 e. The zero-order valence-electron chi connectivity index (χ0n) is 27.6. The molecule has 246 valence electrons. The molecule has 2 aromatic heterocycles. The summed E-state index contributed by atoms with van der Waals surface area (Å²) in [4.78, 5) is 20.6. The van der Waals surface area contributed by atoms with Crippen molar-refractivity contribution in [2.24, 2.45) is 0 Å². The molecule has 3 saturated heterocycles. The molecule has 0 amide bonds. The molecule has 10 nitrogen and oxygen atoms in total. The summed E-state index contributed by atoms with van der Waals surface area (Å²) in [6.45, 7) is 4.90. The maximum Gasteiger partial charge on any atom is 0.319 e. The average Bonchev–Trinajstić information content (AvgIpc) is 3.77. The fraction of sp³-hybridized carbons (Fsp3) is 0.541. The van der Waals surface area contributed by atoms with E-state index in [0.717, 1.165) is 89.7 Å². The van der Waals surface area contributed by atoms with Gasteiger partial charge in [-0.25, -0.2) is 4.98 Å². The third-order valence-electron chi connectivity index (χ3n) is 11.7. The normalized spacial score (nSPS) is 28.2. The minimum atomic E-state index is 0.0684. The number of aromatic nitrogens is 3. The number of pyridine rings is 1. The van der Waals surface area contributed by atoms with Crippen LogP contribution < -0.4 is 24.4 Å². The summed E-state index contributed by atoms with van der Waals surface area (Å²) in [6, 6.07) is 14.1. The lowest BCUT2D eigenvalue weighted by atomic mass is 9.92. The van der Waals surface area contributed by atoms with Gasteiger partial charge in [0.15, 0.2) is 6.79 Å². The highest BCUT2D eigenvalue weighted by Gasteiger charge is 2.50. The first-order valence-corrected chi connectivity index (χ1v) is 17.5. The average molecular weight is 637 g/mol. The number of fused-ring (bicyclic) bond motifs is 6. The molecule has 10 heteroatoms. The van der Waals surface area contributed by atoms with Gasteiger partial charge >= 0.3 is 6.01 Å². The maximum absolute atomic E-state index is 6.90. The molecule has 2 unspecified atom stereocenters. The van der Waals surface area contributed by atoms with E-state index in [1.807, 2.05) is 0 Å². The standard InChI is InChI=1S/C37H44N6O4/c1-4-22-8-5-9-23-16-25(46-21-44-3)17-26(32(22)23)28-18-29-33-34(43-19-24-11-12-27(38-24)30(43)20-45-35(33)39-28)41-36(40-29)47-31-10-6-13-37(31)14-7-15-42(37)2/h5,8-9,16-18,24,27,30-31,38H,4,6-7,10-15,19-21H2,1-3H3/t24-,27+,30-,31?,37?/m1/s1. The number of nitrogens with one attached hydrogen (secondary N) is 1. The van der Waals surface area contributed by atoms with E-state index in [1.165, 1.54) is 24.8 Å². The summed E-state index contributed by atoms with van der Waals surface area (Å²) < 4.78 is 24.8. The molecule has 1 N–H and O–H groups in total. The summed E-state index contributed by atoms with van der Waals surface area (Å²) in [5.41, 5.74) is 3.90. The molecule has 0 radical (unpaired) electrons. The molecule has 5 atom stereocenters. The zero-order valence-corrected chi connectivity index (χ0v) is 27.6. The van der Waals surface area contributed by atoms with Crippen molar-refractivity contribution in [1.82, 2.24) is 25.2 Å². The molecular weight excluding hydrogens is 592 g/mol. The molecule has 6 heterocycles. The Bertz CT molecular complexity index is 1850. The third kappa shape index (κ3) is 4.74. The number of piperazine rings is 1. The molecular formula is C37H44N6O4. The van der Waals surface area contributed by atoms with Crippen LogP contribution in [0.5, 0.6) is 17.6 Å². The Labute approximate surface area is 275 Å². The van der Waals surface area contributed by atoms with Crippen molar-refractivity contribution in [3.8, 4) is 28.9 Å². The number of hydrogen-bond donors (Lipinski definition) is 1. The van der Waals surface area contributed by atoms with E-state index in [2.05, 4.69) is 65.5 Å². The van der Waals surface area contributed by atoms with Gasteiger partial charge in [0, 0.05) is 31.3 Å². The van der Waals surface area contributed by atoms with Crippen molar-refractivity contribution in [1.29, 1.82) is 0 Å². The van der Waals surface area contributed by atoms with Gasteiger partial charge in [0.05, 0.1) is 22.8 Å². The molecule has 2 bridgehead atoms. The Hall–Kier alpha value is -3.73. The number of benzene rings is 2. The molecule has 1 aliphatic carbocycles. The summed E-state index contributed by atoms with van der Waals surface area (Å²) in [7, 11) is 3.89. The maximum atomic E-state index is 6.90. The molecule has 4 aromatic rings. The topological polar surface area (TPSA) is 94.1 Å². The van der Waals surface area contributed by atoms with E-state index in [0.29, 0.717) is 30.6 Å². The first-order chi connectivity index (χ1) is 23.0. The second kappa shape index (κ2) is 11.5. The van der Waals surface area contributed by atoms with E-state index >= 15 is 0 Å². The van der Waals surface area contributed by atoms with Crippen molar-refractivity contribution in [3.63, 3.8) is 0 Å². The Kier molecular flexibility index (Phi) is 7.17. The van der Waals surface area contributed by atoms with Crippen molar-refractivity contribution < 1.29 is 18.9 Å². The minimum absolute atomic E-state index is 0.0684. The van der Waals surface area contributed by atoms with Gasteiger partial charge in [-0.2, -0.15) is 9.97 Å². The fourth-order valence-corrected chi connectivity index (χ4v) is 9.35. The minimum Gasteiger partial charge on any atom is -0.475 e. The SMILES string of the molecule is CCc1cccc2cc(OCOC)cc(-c3cc4nc(OC5CCCC56CCCN6C)nc5c4c(n3)OC[C@@H]3[C@@H]4CC[C@H](CN53)N4)c12. The van der Waals surface area contributed by atoms with E-state index in [4.69, 9.17) is 33.9 Å². The third-order valence-corrected chi connectivity index (χ3v) is 11.7. The molecule has 9 rings (SSSR count). The van der Waals surface area contributed by atoms with Crippen LogP contribution in [0.15, 0.2) is 36.4 Å². The Morgan fingerprint density at radius 2 is 1.96 bits per heavy atom. The van der Waals surface area contributed by atoms with Crippen LogP contribution in [0.1, 0.15) is 57.4 Å². The van der Waals surface area contributed by atoms with Crippen LogP contribution in [-0.2, 0) is 11.2 Å². The van der Waals surface area contributed by atoms with Crippen molar-refractivity contribution >= 4 is 27.5 Å². The number of rotatable bonds is 7. The summed E-state index contributed by atoms with van der Waals surface area (Å²) in [5.74, 6) is 2.21. The van der Waals surface area contributed by atoms with Gasteiger partial charge in [0.2, 0.25) is 5.88 Å². The molecule has 1 saturated carbocycles. The van der Waals surface area contributed by atoms with Crippen LogP contribution in [0.4, 0.5) is 5.82 Å². The van der Waals surface area contributed by atoms with Crippen LogP contribution in [0, 0.1) is 0 Å². The van der Waals surface area contributed by atoms with Crippen LogP contribution in [0.25, 0.3) is 32.9 Å². The van der Waals surface area contributed by atoms with Gasteiger partial charge in [-0.1, -0.05) is 25.1 Å². The van der Waals surface area contributed by atoms with Crippen molar-refractivity contribution in [3.05, 3.63) is 42.0 Å². The lowest BCUT2D eigenvalue weighted by Gasteiger charge is -2.40. The monoisotopic (exact) mass is 636 g/mol. The number of likely N-dealkylation sites (N-methyl/N-ethyl adjacent to an activating group) is 1. The second-order valence-corrected chi connectivity index (χ2v) is 14.1. The quantitative estimate of drug-likeness (QED) is 0.263. The Morgan fingerprint density at radius 3 is 2.81 bits per heavy atom. The molecule has 1 spiro atoms. The van der Waals surface area contributed by atoms with E-state index < -0.39 is 0 Å². The van der Waals surface area contributed by atoms with Crippen LogP contribution in [0.3, 0.4) is 0 Å². The molecule has 47 heavy (non-hydrogen) atoms. The highest BCUT2D eigenvalue weighted by atomic mass is 16.7. The van der Waals surface area contributed by atoms with Crippen molar-refractivity contribution in [2.45, 2.75) is 88.1 Å². The Balaban J connectivity index is 1.23. The lowest BCUT2D eigenvalue weighted by Crippen LogP contribution is -2.60. The van der Waals surface area contributed by atoms with Crippen LogP contribution >= 0.6 is 0 Å². The highest BCUT2D eigenvalue weighted by Crippen LogP contribution is 2.46. The first-order valence-electron chi connectivity index (χ1n) is 17.5. The number of anilines is 1. The summed E-state index contributed by atoms with van der Waals surface area (Å²) in [5, 5.41) is 6.96. The Morgan fingerprint density at radius 1 is 1.04 bits per heavy atom. The smallest absolute Gasteiger partial charge is 0.319 e. The number of aryl methyl sites for hydroxylation is 1. The lowest BCUT2D eigenvalue weighted by molar-refractivity contribution is 0.0411. The van der Waals surface area contributed by atoms with Gasteiger partial charge in [-0.15, -0.1) is 0 Å². The highest BCUT2D eigenvalue weighted by molar-refractivity contribution is 6.03. The second-order valence-electron chi connectivity index (χ2n) is 14.1. The predicted molar refractivity (Wildman–Crippen MR) is 182 cm³/mol. The number of ether oxygens (including phenoxy) is 4. The number of hydrogen-bond acceptors (Lipinski definition) is 10. The zero-order chi connectivity index (χ0) is 31.7. The number of nitrogens with zero attached hydrogens (tertiary/aromatic N) is 5. The summed E-state index contributed by atoms with van der Waals surface area (Å²) >= 11 is 0. The number of methoxy groups -OCH3 is 1. The van der Waals surface area contributed by atoms with Gasteiger partial charge in [0.1, 0.15) is 29.7 Å². The van der Waals surface area contributed by atoms with Gasteiger partial charge in [-0.05, 0) is 99.5 Å². The van der Waals surface area contributed by atoms with Crippen LogP contribution in [0.2, 0.25) is 0 Å². The van der Waals surface area contributed by atoms with Gasteiger partial charge in [0.25, 0.3) is 0 Å². The van der Waals surface area contributed by atoms with Gasteiger partial charge < -0.3 is 29.2 Å². The molecule has 4 aliphatic heterocycles. The fourth-order valence-electron chi connectivity index (χ4n) is 9.35. The summed E-state index contributed by atoms with van der Waals surface area (Å²) in [6.07, 6.45) is 9.01. The van der Waals surface area contributed by atoms with Gasteiger partial charge in [-0.3, -0.25) is 4.90 Å². The predicted octanol–water partition coefficient (Wildman–Crippen LogP) is 5.49. The molecule has 5 aliphatic rings. The van der Waals surface area contributed by atoms with Crippen LogP contribution in [-0.4, -0.2) is 90.3 Å². The number of likely N-dealkylation sites (tertiary alicyclic amines) is 1. The van der Waals surface area contributed by atoms with E-state index in [-0.39, 0.29) is 24.5 Å². The molecule has 4 fully saturated rings. The molecule has 2 aromatic carbocycles.